The third-order valence-electron chi connectivity index (χ3n) is 5.48. The van der Waals surface area contributed by atoms with Crippen molar-refractivity contribution in [2.24, 2.45) is 0 Å². The van der Waals surface area contributed by atoms with E-state index in [4.69, 9.17) is 4.74 Å². The fraction of sp³-hybridized carbons (Fsp3) is 0.320. The van der Waals surface area contributed by atoms with Crippen LogP contribution < -0.4 is 9.64 Å². The summed E-state index contributed by atoms with van der Waals surface area (Å²) < 4.78 is 5.69. The van der Waals surface area contributed by atoms with Gasteiger partial charge in [-0.25, -0.2) is 9.97 Å². The van der Waals surface area contributed by atoms with Crippen molar-refractivity contribution in [2.75, 3.05) is 37.7 Å². The van der Waals surface area contributed by atoms with Gasteiger partial charge in [-0.05, 0) is 30.7 Å². The van der Waals surface area contributed by atoms with Crippen LogP contribution in [0.4, 0.5) is 5.82 Å². The van der Waals surface area contributed by atoms with Crippen molar-refractivity contribution in [3.8, 4) is 17.0 Å². The van der Waals surface area contributed by atoms with E-state index in [2.05, 4.69) is 21.8 Å². The molecule has 6 heteroatoms. The Kier molecular flexibility index (Phi) is 6.77. The maximum atomic E-state index is 12.9. The molecule has 0 saturated carbocycles. The number of hydrogen-bond donors (Lipinski definition) is 0. The van der Waals surface area contributed by atoms with Gasteiger partial charge in [0.25, 0.3) is 5.91 Å². The minimum Gasteiger partial charge on any atom is -0.494 e. The maximum Gasteiger partial charge on any atom is 0.253 e. The van der Waals surface area contributed by atoms with E-state index in [1.165, 1.54) is 0 Å². The number of rotatable bonds is 7. The zero-order chi connectivity index (χ0) is 21.5. The average molecular weight is 417 g/mol. The van der Waals surface area contributed by atoms with Gasteiger partial charge < -0.3 is 14.5 Å². The number of amides is 1. The third-order valence-corrected chi connectivity index (χ3v) is 5.48. The van der Waals surface area contributed by atoms with Crippen LogP contribution in [0.15, 0.2) is 67.0 Å². The van der Waals surface area contributed by atoms with Crippen molar-refractivity contribution in [2.45, 2.75) is 19.8 Å². The molecule has 6 nitrogen and oxygen atoms in total. The van der Waals surface area contributed by atoms with E-state index >= 15 is 0 Å². The number of piperazine rings is 1. The first-order valence-electron chi connectivity index (χ1n) is 10.9. The molecule has 1 aliphatic rings. The van der Waals surface area contributed by atoms with Gasteiger partial charge in [0.1, 0.15) is 17.9 Å². The second-order valence-electron chi connectivity index (χ2n) is 7.63. The summed E-state index contributed by atoms with van der Waals surface area (Å²) in [5, 5.41) is 0. The number of hydrogen-bond acceptors (Lipinski definition) is 5. The predicted molar refractivity (Wildman–Crippen MR) is 122 cm³/mol. The molecule has 0 aliphatic carbocycles. The van der Waals surface area contributed by atoms with E-state index < -0.39 is 0 Å². The summed E-state index contributed by atoms with van der Waals surface area (Å²) in [7, 11) is 0. The van der Waals surface area contributed by atoms with Crippen molar-refractivity contribution in [3.63, 3.8) is 0 Å². The Morgan fingerprint density at radius 1 is 0.968 bits per heavy atom. The third kappa shape index (κ3) is 5.20. The zero-order valence-corrected chi connectivity index (χ0v) is 17.9. The van der Waals surface area contributed by atoms with E-state index in [1.54, 1.807) is 6.33 Å². The van der Waals surface area contributed by atoms with Gasteiger partial charge in [0, 0.05) is 43.4 Å². The van der Waals surface area contributed by atoms with Crippen LogP contribution in [0, 0.1) is 0 Å². The Labute approximate surface area is 183 Å². The summed E-state index contributed by atoms with van der Waals surface area (Å²) in [5.41, 5.74) is 2.68. The number of anilines is 1. The van der Waals surface area contributed by atoms with E-state index in [-0.39, 0.29) is 5.91 Å². The van der Waals surface area contributed by atoms with Crippen LogP contribution >= 0.6 is 0 Å². The molecule has 0 bridgehead atoms. The summed E-state index contributed by atoms with van der Waals surface area (Å²) in [5.74, 6) is 1.77. The maximum absolute atomic E-state index is 12.9. The van der Waals surface area contributed by atoms with Gasteiger partial charge in [0.15, 0.2) is 0 Å². The Bertz CT molecular complexity index is 984. The first-order chi connectivity index (χ1) is 15.2. The van der Waals surface area contributed by atoms with Gasteiger partial charge >= 0.3 is 0 Å². The molecule has 3 aromatic rings. The molecular formula is C25H28N4O2. The highest BCUT2D eigenvalue weighted by Crippen LogP contribution is 2.22. The first kappa shape index (κ1) is 20.8. The molecule has 160 valence electrons. The number of unbranched alkanes of at least 4 members (excludes halogenated alkanes) is 1. The Morgan fingerprint density at radius 3 is 2.42 bits per heavy atom. The number of nitrogens with zero attached hydrogens (tertiary/aromatic N) is 4. The molecule has 0 atom stereocenters. The minimum atomic E-state index is 0.0624. The molecule has 0 unspecified atom stereocenters. The first-order valence-corrected chi connectivity index (χ1v) is 10.9. The van der Waals surface area contributed by atoms with Crippen molar-refractivity contribution in [3.05, 3.63) is 72.6 Å². The number of carbonyl (C=O) groups is 1. The minimum absolute atomic E-state index is 0.0624. The highest BCUT2D eigenvalue weighted by atomic mass is 16.5. The van der Waals surface area contributed by atoms with Gasteiger partial charge in [-0.2, -0.15) is 0 Å². The van der Waals surface area contributed by atoms with Crippen molar-refractivity contribution < 1.29 is 9.53 Å². The van der Waals surface area contributed by atoms with E-state index in [9.17, 15) is 4.79 Å². The summed E-state index contributed by atoms with van der Waals surface area (Å²) in [6, 6.07) is 19.6. The zero-order valence-electron chi connectivity index (χ0n) is 17.9. The molecule has 1 aromatic heterocycles. The highest BCUT2D eigenvalue weighted by molar-refractivity contribution is 5.94. The monoisotopic (exact) mass is 416 g/mol. The molecule has 2 aromatic carbocycles. The second kappa shape index (κ2) is 10.1. The Balaban J connectivity index is 1.35. The van der Waals surface area contributed by atoms with Crippen molar-refractivity contribution in [1.29, 1.82) is 0 Å². The van der Waals surface area contributed by atoms with E-state index in [0.29, 0.717) is 25.3 Å². The summed E-state index contributed by atoms with van der Waals surface area (Å²) in [6.07, 6.45) is 3.74. The quantitative estimate of drug-likeness (QED) is 0.538. The standard InChI is InChI=1S/C25H28N4O2/c1-2-3-17-31-22-11-9-21(10-12-22)25(30)29-15-13-28(14-16-29)24-18-23(26-19-27-24)20-7-5-4-6-8-20/h4-12,18-19H,2-3,13-17H2,1H3. The molecule has 2 heterocycles. The lowest BCUT2D eigenvalue weighted by molar-refractivity contribution is 0.0746. The van der Waals surface area contributed by atoms with Crippen LogP contribution in [-0.4, -0.2) is 53.6 Å². The molecule has 1 fully saturated rings. The topological polar surface area (TPSA) is 58.6 Å². The summed E-state index contributed by atoms with van der Waals surface area (Å²) in [6.45, 7) is 5.67. The van der Waals surface area contributed by atoms with E-state index in [1.807, 2.05) is 65.6 Å². The fourth-order valence-electron chi connectivity index (χ4n) is 3.64. The predicted octanol–water partition coefficient (Wildman–Crippen LogP) is 4.28. The van der Waals surface area contributed by atoms with Crippen LogP contribution in [0.2, 0.25) is 0 Å². The fourth-order valence-corrected chi connectivity index (χ4v) is 3.64. The van der Waals surface area contributed by atoms with Crippen LogP contribution in [0.1, 0.15) is 30.1 Å². The summed E-state index contributed by atoms with van der Waals surface area (Å²) >= 11 is 0. The van der Waals surface area contributed by atoms with Gasteiger partial charge in [0.05, 0.1) is 12.3 Å². The smallest absolute Gasteiger partial charge is 0.253 e. The van der Waals surface area contributed by atoms with Gasteiger partial charge in [-0.1, -0.05) is 43.7 Å². The number of benzene rings is 2. The number of ether oxygens (including phenoxy) is 1. The molecule has 0 N–H and O–H groups in total. The molecule has 1 aliphatic heterocycles. The van der Waals surface area contributed by atoms with Crippen molar-refractivity contribution >= 4 is 11.7 Å². The van der Waals surface area contributed by atoms with Crippen LogP contribution in [-0.2, 0) is 0 Å². The van der Waals surface area contributed by atoms with Gasteiger partial charge in [-0.3, -0.25) is 4.79 Å². The molecule has 31 heavy (non-hydrogen) atoms. The molecule has 0 spiro atoms. The Morgan fingerprint density at radius 2 is 1.71 bits per heavy atom. The van der Waals surface area contributed by atoms with Crippen LogP contribution in [0.5, 0.6) is 5.75 Å². The molecule has 0 radical (unpaired) electrons. The second-order valence-corrected chi connectivity index (χ2v) is 7.63. The lowest BCUT2D eigenvalue weighted by atomic mass is 10.1. The molecule has 4 rings (SSSR count). The normalized spacial score (nSPS) is 13.8. The molecule has 1 amide bonds. The van der Waals surface area contributed by atoms with Crippen LogP contribution in [0.25, 0.3) is 11.3 Å². The van der Waals surface area contributed by atoms with Gasteiger partial charge in [0.2, 0.25) is 0 Å². The Hall–Kier alpha value is -3.41. The molecule has 1 saturated heterocycles. The van der Waals surface area contributed by atoms with Crippen LogP contribution in [0.3, 0.4) is 0 Å². The van der Waals surface area contributed by atoms with Gasteiger partial charge in [-0.15, -0.1) is 0 Å². The van der Waals surface area contributed by atoms with Crippen molar-refractivity contribution in [1.82, 2.24) is 14.9 Å². The lowest BCUT2D eigenvalue weighted by Crippen LogP contribution is -2.49. The summed E-state index contributed by atoms with van der Waals surface area (Å²) in [4.78, 5) is 25.9. The lowest BCUT2D eigenvalue weighted by Gasteiger charge is -2.35. The largest absolute Gasteiger partial charge is 0.494 e. The van der Waals surface area contributed by atoms with E-state index in [0.717, 1.165) is 48.8 Å². The number of aromatic nitrogens is 2. The SMILES string of the molecule is CCCCOc1ccc(C(=O)N2CCN(c3cc(-c4ccccc4)ncn3)CC2)cc1. The highest BCUT2D eigenvalue weighted by Gasteiger charge is 2.23. The molecular weight excluding hydrogens is 388 g/mol. The average Bonchev–Trinajstić information content (AvgIpc) is 2.85. The number of carbonyl (C=O) groups excluding carboxylic acids is 1.